The van der Waals surface area contributed by atoms with Crippen LogP contribution in [-0.4, -0.2) is 34.4 Å². The molecule has 0 atom stereocenters. The van der Waals surface area contributed by atoms with Crippen molar-refractivity contribution in [1.29, 1.82) is 0 Å². The van der Waals surface area contributed by atoms with E-state index >= 15 is 0 Å². The standard InChI is InChI=1S/C2H10B2N/c1-5(2,3)4/h3-4H2,1-2H3/q+1. The average molecular weight is 69.7 g/mol. The van der Waals surface area contributed by atoms with Gasteiger partial charge in [-0.15, -0.1) is 0 Å². The normalized spacial score (nSPS) is 11.6. The summed E-state index contributed by atoms with van der Waals surface area (Å²) in [5.41, 5.74) is 0. The summed E-state index contributed by atoms with van der Waals surface area (Å²) in [5, 5.41) is 0. The third-order valence-electron chi connectivity index (χ3n) is 0. The highest BCUT2D eigenvalue weighted by atomic mass is 15.1. The Hall–Kier alpha value is 0.0899. The van der Waals surface area contributed by atoms with E-state index in [9.17, 15) is 0 Å². The lowest BCUT2D eigenvalue weighted by Crippen LogP contribution is -2.32. The molecule has 0 aromatic heterocycles. The van der Waals surface area contributed by atoms with Crippen LogP contribution in [0.3, 0.4) is 0 Å². The molecule has 0 N–H and O–H groups in total. The monoisotopic (exact) mass is 70.1 g/mol. The summed E-state index contributed by atoms with van der Waals surface area (Å²) in [6.45, 7) is 0. The molecule has 0 bridgehead atoms. The maximum Gasteiger partial charge on any atom is 0.351 e. The smallest absolute Gasteiger partial charge is 0.351 e. The van der Waals surface area contributed by atoms with E-state index in [1.807, 2.05) is 0 Å². The molecule has 0 spiro atoms. The number of hydrogen-bond donors (Lipinski definition) is 0. The van der Waals surface area contributed by atoms with Crippen LogP contribution in [0.4, 0.5) is 0 Å². The fourth-order valence-electron chi connectivity index (χ4n) is 0. The van der Waals surface area contributed by atoms with Gasteiger partial charge in [0.15, 0.2) is 0 Å². The highest BCUT2D eigenvalue weighted by Gasteiger charge is 1.89. The Morgan fingerprint density at radius 1 is 1.20 bits per heavy atom. The predicted octanol–water partition coefficient (Wildman–Crippen LogP) is -1.84. The molecule has 3 heteroatoms. The summed E-state index contributed by atoms with van der Waals surface area (Å²) in [5.74, 6) is 0. The predicted molar refractivity (Wildman–Crippen MR) is 29.2 cm³/mol. The van der Waals surface area contributed by atoms with E-state index in [-0.39, 0.29) is 0 Å². The minimum absolute atomic E-state index is 1.00. The van der Waals surface area contributed by atoms with E-state index in [4.69, 9.17) is 0 Å². The fourth-order valence-corrected chi connectivity index (χ4v) is 0. The Kier molecular flexibility index (Phi) is 1.07. The average Bonchev–Trinajstić information content (AvgIpc) is 0.722. The summed E-state index contributed by atoms with van der Waals surface area (Å²) in [7, 11) is 8.50. The van der Waals surface area contributed by atoms with Crippen molar-refractivity contribution in [3.63, 3.8) is 0 Å². The lowest BCUT2D eigenvalue weighted by molar-refractivity contribution is -0.641. The van der Waals surface area contributed by atoms with Crippen LogP contribution in [0.2, 0.25) is 0 Å². The lowest BCUT2D eigenvalue weighted by atomic mass is 10.1. The van der Waals surface area contributed by atoms with Gasteiger partial charge >= 0.3 is 16.0 Å². The molecular formula is C2H10B2N+. The molecule has 0 fully saturated rings. The molecule has 0 saturated heterocycles. The van der Waals surface area contributed by atoms with Crippen molar-refractivity contribution in [3.05, 3.63) is 0 Å². The Labute approximate surface area is 35.4 Å². The second-order valence-corrected chi connectivity index (χ2v) is 2.68. The van der Waals surface area contributed by atoms with Crippen molar-refractivity contribution in [2.24, 2.45) is 0 Å². The Bertz CT molecular complexity index is 23.1. The number of rotatable bonds is 0. The summed E-state index contributed by atoms with van der Waals surface area (Å²) in [6, 6.07) is 0. The van der Waals surface area contributed by atoms with Gasteiger partial charge in [0.05, 0.1) is 0 Å². The maximum absolute atomic E-state index is 2.12. The summed E-state index contributed by atoms with van der Waals surface area (Å²) < 4.78 is 1.00. The summed E-state index contributed by atoms with van der Waals surface area (Å²) in [6.07, 6.45) is 0. The largest absolute Gasteiger partial charge is 0.483 e. The first-order valence-electron chi connectivity index (χ1n) is 1.79. The molecule has 5 heavy (non-hydrogen) atoms. The third-order valence-corrected chi connectivity index (χ3v) is 0. The highest BCUT2D eigenvalue weighted by Crippen LogP contribution is 1.69. The molecule has 0 aliphatic heterocycles. The van der Waals surface area contributed by atoms with Crippen LogP contribution in [0, 0.1) is 0 Å². The maximum atomic E-state index is 2.12. The van der Waals surface area contributed by atoms with E-state index in [2.05, 4.69) is 30.1 Å². The zero-order chi connectivity index (χ0) is 4.50. The fraction of sp³-hybridized carbons (Fsp3) is 1.00. The molecule has 0 aliphatic rings. The molecule has 0 heterocycles. The first-order chi connectivity index (χ1) is 2.00. The number of hydrogen-bond acceptors (Lipinski definition) is 0. The van der Waals surface area contributed by atoms with Gasteiger partial charge in [0.2, 0.25) is 0 Å². The van der Waals surface area contributed by atoms with E-state index in [1.165, 1.54) is 0 Å². The van der Waals surface area contributed by atoms with Gasteiger partial charge < -0.3 is 4.31 Å². The molecule has 0 amide bonds. The van der Waals surface area contributed by atoms with Crippen molar-refractivity contribution in [3.8, 4) is 0 Å². The zero-order valence-corrected chi connectivity index (χ0v) is 4.45. The van der Waals surface area contributed by atoms with Crippen molar-refractivity contribution < 1.29 is 4.31 Å². The van der Waals surface area contributed by atoms with Crippen LogP contribution in [0.25, 0.3) is 0 Å². The van der Waals surface area contributed by atoms with E-state index in [0.717, 1.165) is 4.31 Å². The second-order valence-electron chi connectivity index (χ2n) is 2.68. The molecule has 0 unspecified atom stereocenters. The van der Waals surface area contributed by atoms with E-state index < -0.39 is 0 Å². The molecular weight excluding hydrogens is 59.7 g/mol. The van der Waals surface area contributed by atoms with Crippen molar-refractivity contribution >= 4 is 16.0 Å². The van der Waals surface area contributed by atoms with Crippen LogP contribution in [-0.2, 0) is 0 Å². The first kappa shape index (κ1) is 5.09. The van der Waals surface area contributed by atoms with Gasteiger partial charge in [0.1, 0.15) is 0 Å². The summed E-state index contributed by atoms with van der Waals surface area (Å²) in [4.78, 5) is 0. The Balaban J connectivity index is 3.02. The van der Waals surface area contributed by atoms with Crippen molar-refractivity contribution in [1.82, 2.24) is 0 Å². The Morgan fingerprint density at radius 3 is 1.20 bits per heavy atom. The van der Waals surface area contributed by atoms with Crippen LogP contribution >= 0.6 is 0 Å². The summed E-state index contributed by atoms with van der Waals surface area (Å²) >= 11 is 0. The van der Waals surface area contributed by atoms with Gasteiger partial charge in [-0.1, -0.05) is 0 Å². The van der Waals surface area contributed by atoms with Gasteiger partial charge in [-0.3, -0.25) is 0 Å². The molecule has 0 radical (unpaired) electrons. The molecule has 28 valence electrons. The van der Waals surface area contributed by atoms with Crippen LogP contribution in [0.1, 0.15) is 0 Å². The molecule has 0 rings (SSSR count). The minimum Gasteiger partial charge on any atom is -0.483 e. The topological polar surface area (TPSA) is 0 Å². The zero-order valence-electron chi connectivity index (χ0n) is 4.45. The molecule has 1 nitrogen and oxygen atoms in total. The third kappa shape index (κ3) is 2210. The number of nitrogens with zero attached hydrogens (tertiary/aromatic N) is 1. The molecule has 0 aromatic rings. The van der Waals surface area contributed by atoms with E-state index in [1.54, 1.807) is 0 Å². The van der Waals surface area contributed by atoms with Gasteiger partial charge in [0, 0.05) is 14.1 Å². The molecule has 0 saturated carbocycles. The molecule has 0 aliphatic carbocycles. The van der Waals surface area contributed by atoms with Crippen LogP contribution in [0.15, 0.2) is 0 Å². The van der Waals surface area contributed by atoms with Gasteiger partial charge in [-0.2, -0.15) is 0 Å². The van der Waals surface area contributed by atoms with Crippen molar-refractivity contribution in [2.45, 2.75) is 0 Å². The second kappa shape index (κ2) is 1.05. The van der Waals surface area contributed by atoms with Crippen molar-refractivity contribution in [2.75, 3.05) is 14.1 Å². The number of quaternary nitrogens is 1. The van der Waals surface area contributed by atoms with Gasteiger partial charge in [-0.25, -0.2) is 0 Å². The SMILES string of the molecule is B[N+](B)(C)C. The molecule has 0 aromatic carbocycles. The minimum atomic E-state index is 1.00. The highest BCUT2D eigenvalue weighted by molar-refractivity contribution is 6.13. The van der Waals surface area contributed by atoms with Gasteiger partial charge in [-0.05, 0) is 0 Å². The van der Waals surface area contributed by atoms with Crippen LogP contribution < -0.4 is 0 Å². The quantitative estimate of drug-likeness (QED) is 0.294. The lowest BCUT2D eigenvalue weighted by Gasteiger charge is -2.18. The van der Waals surface area contributed by atoms with Gasteiger partial charge in [0.25, 0.3) is 0 Å². The van der Waals surface area contributed by atoms with Crippen LogP contribution in [0.5, 0.6) is 0 Å². The Morgan fingerprint density at radius 2 is 1.20 bits per heavy atom. The van der Waals surface area contributed by atoms with E-state index in [0.29, 0.717) is 0 Å². The first-order valence-corrected chi connectivity index (χ1v) is 1.79.